The number of carbonyl (C=O) groups excluding carboxylic acids is 2. The molecule has 0 unspecified atom stereocenters. The molecule has 1 saturated heterocycles. The van der Waals surface area contributed by atoms with E-state index in [4.69, 9.17) is 5.73 Å². The maximum absolute atomic E-state index is 12.4. The second-order valence-electron chi connectivity index (χ2n) is 6.95. The molecule has 3 N–H and O–H groups in total. The maximum Gasteiger partial charge on any atom is 0.242 e. The minimum absolute atomic E-state index is 0. The molecule has 152 valence electrons. The minimum Gasteiger partial charge on any atom is -0.368 e. The van der Waals surface area contributed by atoms with Crippen LogP contribution in [0.15, 0.2) is 30.3 Å². The van der Waals surface area contributed by atoms with Gasteiger partial charge in [-0.3, -0.25) is 9.59 Å². The van der Waals surface area contributed by atoms with Crippen LogP contribution in [0.1, 0.15) is 19.3 Å². The number of para-hydroxylation sites is 1. The Hall–Kier alpha value is -1.50. The standard InChI is InChI=1S/C19H28N4O2.2ClH/c20-13-15-5-4-8-17(15)19(25)21-14-18(24)23-11-9-22(10-12-23)16-6-2-1-3-7-16;;/h1-3,6-7,15,17H,4-5,8-14,20H2,(H,21,25);2*1H/t15-,17-;;/m1../s1. The summed E-state index contributed by atoms with van der Waals surface area (Å²) in [6.07, 6.45) is 2.96. The molecule has 0 radical (unpaired) electrons. The highest BCUT2D eigenvalue weighted by molar-refractivity contribution is 5.86. The third-order valence-corrected chi connectivity index (χ3v) is 5.47. The zero-order valence-corrected chi connectivity index (χ0v) is 17.1. The predicted octanol–water partition coefficient (Wildman–Crippen LogP) is 1.67. The van der Waals surface area contributed by atoms with E-state index in [2.05, 4.69) is 22.3 Å². The van der Waals surface area contributed by atoms with Crippen molar-refractivity contribution >= 4 is 42.3 Å². The first-order valence-electron chi connectivity index (χ1n) is 9.24. The zero-order chi connectivity index (χ0) is 17.6. The van der Waals surface area contributed by atoms with E-state index in [1.54, 1.807) is 0 Å². The number of anilines is 1. The molecular formula is C19H30Cl2N4O2. The fraction of sp³-hybridized carbons (Fsp3) is 0.579. The Labute approximate surface area is 173 Å². The summed E-state index contributed by atoms with van der Waals surface area (Å²) in [6.45, 7) is 3.67. The van der Waals surface area contributed by atoms with Gasteiger partial charge in [-0.2, -0.15) is 0 Å². The summed E-state index contributed by atoms with van der Waals surface area (Å²) >= 11 is 0. The van der Waals surface area contributed by atoms with E-state index in [0.717, 1.165) is 32.4 Å². The Morgan fingerprint density at radius 2 is 1.70 bits per heavy atom. The monoisotopic (exact) mass is 416 g/mol. The lowest BCUT2D eigenvalue weighted by molar-refractivity contribution is -0.134. The molecule has 0 spiro atoms. The molecule has 0 aromatic heterocycles. The third-order valence-electron chi connectivity index (χ3n) is 5.47. The van der Waals surface area contributed by atoms with Crippen LogP contribution in [0.3, 0.4) is 0 Å². The molecule has 3 rings (SSSR count). The normalized spacial score (nSPS) is 21.8. The fourth-order valence-corrected chi connectivity index (χ4v) is 3.92. The van der Waals surface area contributed by atoms with Gasteiger partial charge in [-0.1, -0.05) is 24.6 Å². The van der Waals surface area contributed by atoms with Gasteiger partial charge < -0.3 is 20.9 Å². The molecular weight excluding hydrogens is 387 g/mol. The number of piperazine rings is 1. The van der Waals surface area contributed by atoms with Gasteiger partial charge in [-0.05, 0) is 37.4 Å². The molecule has 2 atom stereocenters. The Morgan fingerprint density at radius 1 is 1.04 bits per heavy atom. The highest BCUT2D eigenvalue weighted by atomic mass is 35.5. The van der Waals surface area contributed by atoms with Gasteiger partial charge in [0, 0.05) is 37.8 Å². The number of nitrogens with two attached hydrogens (primary N) is 1. The van der Waals surface area contributed by atoms with Gasteiger partial charge in [0.1, 0.15) is 0 Å². The summed E-state index contributed by atoms with van der Waals surface area (Å²) < 4.78 is 0. The second-order valence-corrected chi connectivity index (χ2v) is 6.95. The Balaban J connectivity index is 0.00000182. The van der Waals surface area contributed by atoms with Gasteiger partial charge in [0.25, 0.3) is 0 Å². The molecule has 0 bridgehead atoms. The van der Waals surface area contributed by atoms with Crippen LogP contribution in [-0.4, -0.2) is 56.0 Å². The van der Waals surface area contributed by atoms with Crippen LogP contribution in [0.4, 0.5) is 5.69 Å². The molecule has 1 aliphatic carbocycles. The lowest BCUT2D eigenvalue weighted by Gasteiger charge is -2.36. The van der Waals surface area contributed by atoms with Crippen LogP contribution in [0.25, 0.3) is 0 Å². The number of carbonyl (C=O) groups is 2. The summed E-state index contributed by atoms with van der Waals surface area (Å²) in [5, 5.41) is 2.83. The van der Waals surface area contributed by atoms with E-state index < -0.39 is 0 Å². The summed E-state index contributed by atoms with van der Waals surface area (Å²) in [6, 6.07) is 10.2. The Bertz CT molecular complexity index is 595. The van der Waals surface area contributed by atoms with Crippen LogP contribution in [0.5, 0.6) is 0 Å². The zero-order valence-electron chi connectivity index (χ0n) is 15.5. The summed E-state index contributed by atoms with van der Waals surface area (Å²) in [5.74, 6) is 0.241. The van der Waals surface area contributed by atoms with E-state index in [9.17, 15) is 9.59 Å². The number of hydrogen-bond donors (Lipinski definition) is 2. The molecule has 2 aliphatic rings. The molecule has 2 fully saturated rings. The molecule has 1 saturated carbocycles. The van der Waals surface area contributed by atoms with E-state index >= 15 is 0 Å². The highest BCUT2D eigenvalue weighted by Gasteiger charge is 2.32. The number of nitrogens with zero attached hydrogens (tertiary/aromatic N) is 2. The number of halogens is 2. The topological polar surface area (TPSA) is 78.7 Å². The van der Waals surface area contributed by atoms with Crippen molar-refractivity contribution in [2.75, 3.05) is 44.2 Å². The first-order chi connectivity index (χ1) is 12.2. The lowest BCUT2D eigenvalue weighted by atomic mass is 9.95. The molecule has 2 amide bonds. The predicted molar refractivity (Wildman–Crippen MR) is 113 cm³/mol. The number of nitrogens with one attached hydrogen (secondary N) is 1. The largest absolute Gasteiger partial charge is 0.368 e. The summed E-state index contributed by atoms with van der Waals surface area (Å²) in [5.41, 5.74) is 6.93. The van der Waals surface area contributed by atoms with Crippen molar-refractivity contribution < 1.29 is 9.59 Å². The first kappa shape index (κ1) is 23.5. The van der Waals surface area contributed by atoms with Crippen molar-refractivity contribution in [3.05, 3.63) is 30.3 Å². The smallest absolute Gasteiger partial charge is 0.242 e. The quantitative estimate of drug-likeness (QED) is 0.764. The van der Waals surface area contributed by atoms with Crippen molar-refractivity contribution in [2.24, 2.45) is 17.6 Å². The van der Waals surface area contributed by atoms with Crippen molar-refractivity contribution in [2.45, 2.75) is 19.3 Å². The van der Waals surface area contributed by atoms with Crippen LogP contribution in [0, 0.1) is 11.8 Å². The molecule has 6 nitrogen and oxygen atoms in total. The molecule has 8 heteroatoms. The fourth-order valence-electron chi connectivity index (χ4n) is 3.92. The maximum atomic E-state index is 12.4. The van der Waals surface area contributed by atoms with Gasteiger partial charge >= 0.3 is 0 Å². The van der Waals surface area contributed by atoms with Crippen molar-refractivity contribution in [1.29, 1.82) is 0 Å². The summed E-state index contributed by atoms with van der Waals surface area (Å²) in [4.78, 5) is 28.8. The summed E-state index contributed by atoms with van der Waals surface area (Å²) in [7, 11) is 0. The van der Waals surface area contributed by atoms with Crippen molar-refractivity contribution in [3.8, 4) is 0 Å². The van der Waals surface area contributed by atoms with Crippen LogP contribution < -0.4 is 16.0 Å². The molecule has 1 aromatic rings. The van der Waals surface area contributed by atoms with Crippen molar-refractivity contribution in [3.63, 3.8) is 0 Å². The Kier molecular flexibility index (Phi) is 9.91. The minimum atomic E-state index is -0.0206. The first-order valence-corrected chi connectivity index (χ1v) is 9.24. The average molecular weight is 417 g/mol. The molecule has 27 heavy (non-hydrogen) atoms. The van der Waals surface area contributed by atoms with Gasteiger partial charge in [-0.25, -0.2) is 0 Å². The number of benzene rings is 1. The van der Waals surface area contributed by atoms with E-state index in [-0.39, 0.29) is 55.0 Å². The van der Waals surface area contributed by atoms with E-state index in [1.165, 1.54) is 5.69 Å². The third kappa shape index (κ3) is 5.99. The second kappa shape index (κ2) is 11.4. The van der Waals surface area contributed by atoms with Gasteiger partial charge in [0.05, 0.1) is 6.54 Å². The van der Waals surface area contributed by atoms with E-state index in [1.807, 2.05) is 23.1 Å². The molecule has 1 heterocycles. The molecule has 1 aliphatic heterocycles. The number of amides is 2. The van der Waals surface area contributed by atoms with Crippen LogP contribution >= 0.6 is 24.8 Å². The average Bonchev–Trinajstić information content (AvgIpc) is 3.15. The lowest BCUT2D eigenvalue weighted by Crippen LogP contribution is -2.51. The van der Waals surface area contributed by atoms with Crippen LogP contribution in [-0.2, 0) is 9.59 Å². The SMILES string of the molecule is Cl.Cl.NC[C@H]1CCC[C@H]1C(=O)NCC(=O)N1CCN(c2ccccc2)CC1. The van der Waals surface area contributed by atoms with Gasteiger partial charge in [0.15, 0.2) is 0 Å². The highest BCUT2D eigenvalue weighted by Crippen LogP contribution is 2.30. The number of hydrogen-bond acceptors (Lipinski definition) is 4. The van der Waals surface area contributed by atoms with Crippen molar-refractivity contribution in [1.82, 2.24) is 10.2 Å². The Morgan fingerprint density at radius 3 is 2.33 bits per heavy atom. The van der Waals surface area contributed by atoms with E-state index in [0.29, 0.717) is 19.6 Å². The van der Waals surface area contributed by atoms with Gasteiger partial charge in [-0.15, -0.1) is 24.8 Å². The number of rotatable bonds is 5. The molecule has 1 aromatic carbocycles. The van der Waals surface area contributed by atoms with Gasteiger partial charge in [0.2, 0.25) is 11.8 Å². The van der Waals surface area contributed by atoms with Crippen LogP contribution in [0.2, 0.25) is 0 Å².